The molecule has 0 radical (unpaired) electrons. The second kappa shape index (κ2) is 9.75. The Bertz CT molecular complexity index is 1400. The molecule has 0 saturated carbocycles. The monoisotopic (exact) mass is 496 g/mol. The highest BCUT2D eigenvalue weighted by atomic mass is 35.5. The largest absolute Gasteiger partial charge is 0.350 e. The Kier molecular flexibility index (Phi) is 6.94. The van der Waals surface area contributed by atoms with Crippen molar-refractivity contribution in [1.82, 2.24) is 10.3 Å². The van der Waals surface area contributed by atoms with Gasteiger partial charge >= 0.3 is 0 Å². The number of H-pyrrole nitrogens is 1. The van der Waals surface area contributed by atoms with Gasteiger partial charge in [0.1, 0.15) is 12.7 Å². The van der Waals surface area contributed by atoms with E-state index in [2.05, 4.69) is 24.1 Å². The summed E-state index contributed by atoms with van der Waals surface area (Å²) in [5.74, 6) is -0.119. The van der Waals surface area contributed by atoms with Gasteiger partial charge in [-0.1, -0.05) is 37.6 Å². The van der Waals surface area contributed by atoms with E-state index in [4.69, 9.17) is 16.1 Å². The Hall–Kier alpha value is -2.92. The summed E-state index contributed by atoms with van der Waals surface area (Å²) in [5, 5.41) is 4.88. The maximum absolute atomic E-state index is 14.5. The lowest BCUT2D eigenvalue weighted by Gasteiger charge is -2.19. The van der Waals surface area contributed by atoms with Crippen molar-refractivity contribution in [3.63, 3.8) is 0 Å². The van der Waals surface area contributed by atoms with E-state index in [9.17, 15) is 9.36 Å². The van der Waals surface area contributed by atoms with Crippen molar-refractivity contribution in [2.45, 2.75) is 26.3 Å². The smallest absolute Gasteiger partial charge is 0.268 e. The summed E-state index contributed by atoms with van der Waals surface area (Å²) in [6.07, 6.45) is 3.83. The van der Waals surface area contributed by atoms with E-state index in [1.807, 2.05) is 54.3 Å². The van der Waals surface area contributed by atoms with Gasteiger partial charge in [0.05, 0.1) is 5.30 Å². The Morgan fingerprint density at radius 1 is 1.15 bits per heavy atom. The van der Waals surface area contributed by atoms with Gasteiger partial charge in [-0.25, -0.2) is 4.57 Å². The average molecular weight is 497 g/mol. The predicted molar refractivity (Wildman–Crippen MR) is 137 cm³/mol. The van der Waals surface area contributed by atoms with Crippen LogP contribution in [0.15, 0.2) is 67.0 Å². The van der Waals surface area contributed by atoms with Crippen molar-refractivity contribution in [2.75, 3.05) is 7.11 Å². The number of benzene rings is 2. The lowest BCUT2D eigenvalue weighted by Crippen LogP contribution is -2.31. The molecular formula is C26H28ClN3O3P+. The minimum absolute atomic E-state index is 0.207. The molecule has 1 amide bonds. The predicted octanol–water partition coefficient (Wildman–Crippen LogP) is 4.57. The molecule has 0 aliphatic rings. The lowest BCUT2D eigenvalue weighted by atomic mass is 10.0. The first-order chi connectivity index (χ1) is 16.2. The number of pyridine rings is 1. The van der Waals surface area contributed by atoms with Gasteiger partial charge in [0.25, 0.3) is 13.3 Å². The zero-order valence-corrected chi connectivity index (χ0v) is 21.3. The fourth-order valence-corrected chi connectivity index (χ4v) is 6.31. The number of hydrogen-bond acceptors (Lipinski definition) is 3. The van der Waals surface area contributed by atoms with Crippen molar-refractivity contribution in [2.24, 2.45) is 7.05 Å². The van der Waals surface area contributed by atoms with Gasteiger partial charge in [-0.15, -0.1) is 0 Å². The number of nitrogens with zero attached hydrogens (tertiary/aromatic N) is 1. The summed E-state index contributed by atoms with van der Waals surface area (Å²) in [5.41, 5.74) is 2.86. The number of hydrogen-bond donors (Lipinski definition) is 2. The summed E-state index contributed by atoms with van der Waals surface area (Å²) in [4.78, 5) is 16.5. The molecule has 34 heavy (non-hydrogen) atoms. The van der Waals surface area contributed by atoms with Crippen molar-refractivity contribution in [1.29, 1.82) is 0 Å². The molecule has 0 saturated heterocycles. The Morgan fingerprint density at radius 3 is 2.56 bits per heavy atom. The molecule has 2 N–H and O–H groups in total. The van der Waals surface area contributed by atoms with Gasteiger partial charge in [0.15, 0.2) is 12.4 Å². The molecule has 2 aromatic carbocycles. The average Bonchev–Trinajstić information content (AvgIpc) is 3.22. The first-order valence-electron chi connectivity index (χ1n) is 11.0. The summed E-state index contributed by atoms with van der Waals surface area (Å²) in [6, 6.07) is 16.6. The van der Waals surface area contributed by atoms with Crippen LogP contribution in [0.25, 0.3) is 10.9 Å². The SMILES string of the molecule is COP(=O)(c1cccc(C(C)C)c1)c1c(C(=O)NCc2cc[n+](C)cc2)[nH]c2ccc(Cl)cc12. The number of aromatic amines is 1. The second-order valence-electron chi connectivity index (χ2n) is 8.58. The van der Waals surface area contributed by atoms with E-state index in [1.54, 1.807) is 24.3 Å². The third kappa shape index (κ3) is 4.67. The number of halogens is 1. The first kappa shape index (κ1) is 24.2. The molecule has 8 heteroatoms. The number of rotatable bonds is 7. The fourth-order valence-electron chi connectivity index (χ4n) is 3.93. The number of fused-ring (bicyclic) bond motifs is 1. The van der Waals surface area contributed by atoms with Crippen LogP contribution in [-0.2, 0) is 22.7 Å². The summed E-state index contributed by atoms with van der Waals surface area (Å²) in [6.45, 7) is 4.48. The molecule has 0 fully saturated rings. The van der Waals surface area contributed by atoms with Crippen LogP contribution in [-0.4, -0.2) is 18.0 Å². The van der Waals surface area contributed by atoms with E-state index in [1.165, 1.54) is 7.11 Å². The molecule has 0 aliphatic heterocycles. The minimum atomic E-state index is -3.64. The number of aryl methyl sites for hydroxylation is 1. The van der Waals surface area contributed by atoms with Crippen LogP contribution in [0.4, 0.5) is 0 Å². The molecule has 0 spiro atoms. The van der Waals surface area contributed by atoms with E-state index in [-0.39, 0.29) is 17.5 Å². The van der Waals surface area contributed by atoms with E-state index >= 15 is 0 Å². The maximum atomic E-state index is 14.5. The summed E-state index contributed by atoms with van der Waals surface area (Å²) >= 11 is 6.29. The molecule has 6 nitrogen and oxygen atoms in total. The standard InChI is InChI=1S/C26H27ClN3O3P/c1-17(2)19-6-5-7-21(14-19)34(32,33-4)25-22-15-20(27)8-9-23(22)29-24(25)26(31)28-16-18-10-12-30(3)13-11-18/h5-15,17H,16H2,1-4H3,(H-,28,29,31,32)/p+1. The first-order valence-corrected chi connectivity index (χ1v) is 13.0. The van der Waals surface area contributed by atoms with Crippen LogP contribution in [0, 0.1) is 0 Å². The Labute approximate surface area is 204 Å². The number of carbonyl (C=O) groups excluding carboxylic acids is 1. The molecule has 0 aliphatic carbocycles. The minimum Gasteiger partial charge on any atom is -0.350 e. The van der Waals surface area contributed by atoms with Crippen molar-refractivity contribution in [3.8, 4) is 0 Å². The molecule has 4 rings (SSSR count). The molecule has 1 unspecified atom stereocenters. The maximum Gasteiger partial charge on any atom is 0.268 e. The second-order valence-corrected chi connectivity index (χ2v) is 11.4. The molecule has 2 heterocycles. The summed E-state index contributed by atoms with van der Waals surface area (Å²) < 4.78 is 22.2. The zero-order valence-electron chi connectivity index (χ0n) is 19.6. The van der Waals surface area contributed by atoms with Crippen molar-refractivity contribution < 1.29 is 18.5 Å². The number of nitrogens with one attached hydrogen (secondary N) is 2. The molecule has 0 bridgehead atoms. The van der Waals surface area contributed by atoms with Gasteiger partial charge in [0, 0.05) is 47.0 Å². The Balaban J connectivity index is 1.83. The van der Waals surface area contributed by atoms with Crippen LogP contribution < -0.4 is 20.5 Å². The van der Waals surface area contributed by atoms with Crippen molar-refractivity contribution in [3.05, 3.63) is 88.8 Å². The number of aromatic nitrogens is 2. The van der Waals surface area contributed by atoms with Gasteiger partial charge < -0.3 is 14.8 Å². The van der Waals surface area contributed by atoms with E-state index < -0.39 is 7.37 Å². The van der Waals surface area contributed by atoms with Gasteiger partial charge in [-0.2, -0.15) is 0 Å². The molecule has 2 aromatic heterocycles. The number of carbonyl (C=O) groups is 1. The lowest BCUT2D eigenvalue weighted by molar-refractivity contribution is -0.671. The molecule has 176 valence electrons. The van der Waals surface area contributed by atoms with Gasteiger partial charge in [-0.05, 0) is 47.4 Å². The van der Waals surface area contributed by atoms with Crippen LogP contribution in [0.3, 0.4) is 0 Å². The number of amides is 1. The summed E-state index contributed by atoms with van der Waals surface area (Å²) in [7, 11) is -0.291. The van der Waals surface area contributed by atoms with Crippen LogP contribution in [0.2, 0.25) is 5.02 Å². The third-order valence-corrected chi connectivity index (χ3v) is 8.65. The Morgan fingerprint density at radius 2 is 1.88 bits per heavy atom. The highest BCUT2D eigenvalue weighted by molar-refractivity contribution is 7.75. The van der Waals surface area contributed by atoms with Crippen LogP contribution in [0.1, 0.15) is 41.4 Å². The highest BCUT2D eigenvalue weighted by Crippen LogP contribution is 2.47. The highest BCUT2D eigenvalue weighted by Gasteiger charge is 2.36. The van der Waals surface area contributed by atoms with Crippen LogP contribution >= 0.6 is 19.0 Å². The molecule has 1 atom stereocenters. The molecule has 4 aromatic rings. The van der Waals surface area contributed by atoms with Crippen molar-refractivity contribution >= 4 is 46.4 Å². The normalized spacial score (nSPS) is 13.2. The topological polar surface area (TPSA) is 75.1 Å². The fraction of sp³-hybridized carbons (Fsp3) is 0.231. The third-order valence-electron chi connectivity index (χ3n) is 5.89. The van der Waals surface area contributed by atoms with Gasteiger partial charge in [0.2, 0.25) is 0 Å². The van der Waals surface area contributed by atoms with E-state index in [0.29, 0.717) is 33.1 Å². The molecular weight excluding hydrogens is 469 g/mol. The quantitative estimate of drug-likeness (QED) is 0.290. The zero-order chi connectivity index (χ0) is 24.5. The van der Waals surface area contributed by atoms with Crippen LogP contribution in [0.5, 0.6) is 0 Å². The van der Waals surface area contributed by atoms with E-state index in [0.717, 1.165) is 11.1 Å². The van der Waals surface area contributed by atoms with Gasteiger partial charge in [-0.3, -0.25) is 9.36 Å².